The van der Waals surface area contributed by atoms with Gasteiger partial charge in [0.15, 0.2) is 5.65 Å². The van der Waals surface area contributed by atoms with Gasteiger partial charge in [0.05, 0.1) is 6.61 Å². The van der Waals surface area contributed by atoms with E-state index in [2.05, 4.69) is 15.0 Å². The van der Waals surface area contributed by atoms with Gasteiger partial charge in [-0.1, -0.05) is 0 Å². The van der Waals surface area contributed by atoms with E-state index in [4.69, 9.17) is 9.47 Å². The third-order valence-corrected chi connectivity index (χ3v) is 1.88. The zero-order valence-electron chi connectivity index (χ0n) is 8.38. The Kier molecular flexibility index (Phi) is 3.16. The minimum Gasteiger partial charge on any atom is -0.359 e. The smallest absolute Gasteiger partial charge is 0.162 e. The molecule has 0 aromatic carbocycles. The molecule has 5 nitrogen and oxygen atoms in total. The van der Waals surface area contributed by atoms with Gasteiger partial charge in [0, 0.05) is 24.9 Å². The van der Waals surface area contributed by atoms with Crippen LogP contribution in [0.25, 0.3) is 11.0 Å². The van der Waals surface area contributed by atoms with Crippen molar-refractivity contribution in [1.29, 1.82) is 0 Å². The lowest BCUT2D eigenvalue weighted by Gasteiger charge is -2.03. The van der Waals surface area contributed by atoms with Crippen molar-refractivity contribution < 1.29 is 9.47 Å². The third kappa shape index (κ3) is 2.45. The normalized spacial score (nSPS) is 10.7. The van der Waals surface area contributed by atoms with Gasteiger partial charge < -0.3 is 9.47 Å². The van der Waals surface area contributed by atoms with E-state index < -0.39 is 0 Å². The van der Waals surface area contributed by atoms with Gasteiger partial charge >= 0.3 is 0 Å². The maximum absolute atomic E-state index is 5.21. The molecule has 2 rings (SSSR count). The second kappa shape index (κ2) is 4.77. The van der Waals surface area contributed by atoms with E-state index in [1.807, 2.05) is 6.07 Å². The average Bonchev–Trinajstić information content (AvgIpc) is 2.29. The molecule has 2 aromatic rings. The summed E-state index contributed by atoms with van der Waals surface area (Å²) in [5.74, 6) is 0. The van der Waals surface area contributed by atoms with Crippen molar-refractivity contribution in [2.75, 3.05) is 13.9 Å². The van der Waals surface area contributed by atoms with E-state index in [0.29, 0.717) is 12.3 Å². The molecule has 0 amide bonds. The molecule has 0 fully saturated rings. The van der Waals surface area contributed by atoms with E-state index >= 15 is 0 Å². The van der Waals surface area contributed by atoms with Gasteiger partial charge in [-0.15, -0.1) is 0 Å². The van der Waals surface area contributed by atoms with Crippen molar-refractivity contribution >= 4 is 11.0 Å². The maximum Gasteiger partial charge on any atom is 0.162 e. The molecule has 0 saturated heterocycles. The fourth-order valence-corrected chi connectivity index (χ4v) is 1.25. The van der Waals surface area contributed by atoms with Crippen LogP contribution in [0.15, 0.2) is 24.8 Å². The number of pyridine rings is 1. The Bertz CT molecular complexity index is 447. The molecule has 0 aliphatic rings. The number of rotatable bonds is 4. The third-order valence-electron chi connectivity index (χ3n) is 1.88. The van der Waals surface area contributed by atoms with Crippen molar-refractivity contribution in [2.45, 2.75) is 6.61 Å². The zero-order chi connectivity index (χ0) is 10.5. The Balaban J connectivity index is 2.16. The van der Waals surface area contributed by atoms with Gasteiger partial charge in [-0.25, -0.2) is 15.0 Å². The highest BCUT2D eigenvalue weighted by Crippen LogP contribution is 2.09. The quantitative estimate of drug-likeness (QED) is 0.553. The van der Waals surface area contributed by atoms with E-state index in [1.54, 1.807) is 19.5 Å². The Morgan fingerprint density at radius 1 is 1.27 bits per heavy atom. The Morgan fingerprint density at radius 2 is 2.20 bits per heavy atom. The molecule has 0 aliphatic carbocycles. The first-order chi connectivity index (χ1) is 7.40. The van der Waals surface area contributed by atoms with E-state index in [-0.39, 0.29) is 6.79 Å². The van der Waals surface area contributed by atoms with Crippen LogP contribution in [0, 0.1) is 0 Å². The summed E-state index contributed by atoms with van der Waals surface area (Å²) in [7, 11) is 1.59. The van der Waals surface area contributed by atoms with Crippen molar-refractivity contribution in [1.82, 2.24) is 15.0 Å². The molecule has 0 atom stereocenters. The maximum atomic E-state index is 5.21. The molecule has 0 bridgehead atoms. The van der Waals surface area contributed by atoms with Crippen LogP contribution < -0.4 is 0 Å². The van der Waals surface area contributed by atoms with Crippen LogP contribution >= 0.6 is 0 Å². The van der Waals surface area contributed by atoms with Gasteiger partial charge in [0.1, 0.15) is 13.1 Å². The molecule has 2 heterocycles. The van der Waals surface area contributed by atoms with Crippen molar-refractivity contribution in [3.8, 4) is 0 Å². The lowest BCUT2D eigenvalue weighted by molar-refractivity contribution is -0.0391. The van der Waals surface area contributed by atoms with Gasteiger partial charge in [-0.2, -0.15) is 0 Å². The number of hydrogen-bond donors (Lipinski definition) is 0. The van der Waals surface area contributed by atoms with Crippen molar-refractivity contribution in [2.24, 2.45) is 0 Å². The molecular weight excluding hydrogens is 194 g/mol. The molecule has 0 radical (unpaired) electrons. The number of ether oxygens (including phenoxy) is 2. The molecule has 0 saturated carbocycles. The molecule has 78 valence electrons. The number of methoxy groups -OCH3 is 1. The first-order valence-electron chi connectivity index (χ1n) is 4.51. The molecular formula is C10H11N3O2. The van der Waals surface area contributed by atoms with Crippen LogP contribution in [0.3, 0.4) is 0 Å². The summed E-state index contributed by atoms with van der Waals surface area (Å²) in [6.07, 6.45) is 4.95. The van der Waals surface area contributed by atoms with Crippen molar-refractivity contribution in [3.63, 3.8) is 0 Å². The van der Waals surface area contributed by atoms with E-state index in [9.17, 15) is 0 Å². The highest BCUT2D eigenvalue weighted by Gasteiger charge is 1.98. The standard InChI is InChI=1S/C10H11N3O2/c1-14-7-15-5-8-2-9-4-11-6-13-10(9)12-3-8/h2-4,6H,5,7H2,1H3. The van der Waals surface area contributed by atoms with Crippen LogP contribution in [0.4, 0.5) is 0 Å². The van der Waals surface area contributed by atoms with Gasteiger partial charge in [-0.3, -0.25) is 0 Å². The fraction of sp³-hybridized carbons (Fsp3) is 0.300. The molecule has 15 heavy (non-hydrogen) atoms. The highest BCUT2D eigenvalue weighted by molar-refractivity contribution is 5.73. The summed E-state index contributed by atoms with van der Waals surface area (Å²) in [5.41, 5.74) is 1.68. The van der Waals surface area contributed by atoms with Crippen LogP contribution in [-0.4, -0.2) is 28.9 Å². The Labute approximate surface area is 87.1 Å². The summed E-state index contributed by atoms with van der Waals surface area (Å²) < 4.78 is 10.00. The summed E-state index contributed by atoms with van der Waals surface area (Å²) in [6.45, 7) is 0.759. The van der Waals surface area contributed by atoms with Crippen molar-refractivity contribution in [3.05, 3.63) is 30.4 Å². The first kappa shape index (κ1) is 9.95. The lowest BCUT2D eigenvalue weighted by Crippen LogP contribution is -1.98. The van der Waals surface area contributed by atoms with Crippen LogP contribution in [-0.2, 0) is 16.1 Å². The minimum absolute atomic E-state index is 0.281. The molecule has 5 heteroatoms. The summed E-state index contributed by atoms with van der Waals surface area (Å²) in [5, 5.41) is 0.913. The molecule has 0 N–H and O–H groups in total. The SMILES string of the molecule is COCOCc1cnc2ncncc2c1. The highest BCUT2D eigenvalue weighted by atomic mass is 16.7. The predicted molar refractivity (Wildman–Crippen MR) is 54.0 cm³/mol. The Hall–Kier alpha value is -1.59. The largest absolute Gasteiger partial charge is 0.359 e. The number of aromatic nitrogens is 3. The van der Waals surface area contributed by atoms with E-state index in [0.717, 1.165) is 10.9 Å². The summed E-state index contributed by atoms with van der Waals surface area (Å²) >= 11 is 0. The van der Waals surface area contributed by atoms with Gasteiger partial charge in [0.25, 0.3) is 0 Å². The first-order valence-corrected chi connectivity index (χ1v) is 4.51. The topological polar surface area (TPSA) is 57.1 Å². The molecule has 0 spiro atoms. The zero-order valence-corrected chi connectivity index (χ0v) is 8.38. The molecule has 0 unspecified atom stereocenters. The number of fused-ring (bicyclic) bond motifs is 1. The van der Waals surface area contributed by atoms with Crippen LogP contribution in [0.1, 0.15) is 5.56 Å². The van der Waals surface area contributed by atoms with Crippen LogP contribution in [0.2, 0.25) is 0 Å². The monoisotopic (exact) mass is 205 g/mol. The lowest BCUT2D eigenvalue weighted by atomic mass is 10.2. The van der Waals surface area contributed by atoms with Gasteiger partial charge in [-0.05, 0) is 11.6 Å². The minimum atomic E-state index is 0.281. The molecule has 2 aromatic heterocycles. The summed E-state index contributed by atoms with van der Waals surface area (Å²) in [6, 6.07) is 1.96. The molecule has 0 aliphatic heterocycles. The average molecular weight is 205 g/mol. The summed E-state index contributed by atoms with van der Waals surface area (Å²) in [4.78, 5) is 12.2. The van der Waals surface area contributed by atoms with Gasteiger partial charge in [0.2, 0.25) is 0 Å². The second-order valence-corrected chi connectivity index (χ2v) is 3.03. The fourth-order valence-electron chi connectivity index (χ4n) is 1.25. The van der Waals surface area contributed by atoms with E-state index in [1.165, 1.54) is 6.33 Å². The predicted octanol–water partition coefficient (Wildman–Crippen LogP) is 1.15. The second-order valence-electron chi connectivity index (χ2n) is 3.03. The number of nitrogens with zero attached hydrogens (tertiary/aromatic N) is 3. The Morgan fingerprint density at radius 3 is 3.07 bits per heavy atom. The van der Waals surface area contributed by atoms with Crippen LogP contribution in [0.5, 0.6) is 0 Å². The number of hydrogen-bond acceptors (Lipinski definition) is 5.